The van der Waals surface area contributed by atoms with E-state index in [-0.39, 0.29) is 17.0 Å². The summed E-state index contributed by atoms with van der Waals surface area (Å²) >= 11 is 2.72. The molecule has 0 saturated heterocycles. The number of nitrogens with zero attached hydrogens (tertiary/aromatic N) is 1. The van der Waals surface area contributed by atoms with Gasteiger partial charge in [-0.05, 0) is 35.4 Å². The number of rotatable bonds is 4. The number of fused-ring (bicyclic) bond motifs is 1. The molecule has 3 heterocycles. The summed E-state index contributed by atoms with van der Waals surface area (Å²) in [5, 5.41) is 4.73. The van der Waals surface area contributed by atoms with Gasteiger partial charge in [0.05, 0.1) is 21.8 Å². The fourth-order valence-electron chi connectivity index (χ4n) is 3.68. The number of anilines is 1. The third-order valence-electron chi connectivity index (χ3n) is 5.32. The first-order valence-corrected chi connectivity index (χ1v) is 12.4. The van der Waals surface area contributed by atoms with E-state index in [2.05, 4.69) is 4.98 Å². The number of nitrogens with two attached hydrogens (primary N) is 1. The summed E-state index contributed by atoms with van der Waals surface area (Å²) < 4.78 is 38.9. The van der Waals surface area contributed by atoms with Crippen LogP contribution in [0.2, 0.25) is 0 Å². The van der Waals surface area contributed by atoms with Crippen molar-refractivity contribution >= 4 is 49.5 Å². The average molecular weight is 525 g/mol. The van der Waals surface area contributed by atoms with Gasteiger partial charge in [0, 0.05) is 16.5 Å². The Morgan fingerprint density at radius 3 is 2.06 bits per heavy atom. The van der Waals surface area contributed by atoms with Crippen molar-refractivity contribution in [2.75, 3.05) is 5.73 Å². The molecule has 0 atom stereocenters. The summed E-state index contributed by atoms with van der Waals surface area (Å²) in [4.78, 5) is 28.5. The number of thiophene rings is 2. The topological polar surface area (TPSA) is 73.1 Å². The fraction of sp³-hybridized carbons (Fsp3) is 0.0741. The highest BCUT2D eigenvalue weighted by atomic mass is 32.1. The van der Waals surface area contributed by atoms with Crippen molar-refractivity contribution in [3.8, 4) is 11.1 Å². The van der Waals surface area contributed by atoms with Crippen molar-refractivity contribution in [2.45, 2.75) is 13.1 Å². The van der Waals surface area contributed by atoms with Crippen molar-refractivity contribution in [3.05, 3.63) is 106 Å². The number of aromatic nitrogens is 1. The second-order valence-corrected chi connectivity index (χ2v) is 9.52. The molecule has 2 N–H and O–H groups in total. The molecule has 5 aromatic rings. The van der Waals surface area contributed by atoms with Crippen LogP contribution >= 0.6 is 22.7 Å². The molecular formula is C27H19F3N2O2S2. The van der Waals surface area contributed by atoms with Crippen molar-refractivity contribution in [1.82, 2.24) is 4.98 Å². The molecule has 3 aromatic heterocycles. The Labute approximate surface area is 212 Å². The van der Waals surface area contributed by atoms with Crippen molar-refractivity contribution in [2.24, 2.45) is 0 Å². The van der Waals surface area contributed by atoms with Crippen LogP contribution in [-0.4, -0.2) is 22.7 Å². The van der Waals surface area contributed by atoms with Gasteiger partial charge >= 0.3 is 6.18 Å². The van der Waals surface area contributed by atoms with E-state index < -0.39 is 12.0 Å². The van der Waals surface area contributed by atoms with Gasteiger partial charge in [0.1, 0.15) is 4.83 Å². The third kappa shape index (κ3) is 5.22. The molecule has 0 saturated carbocycles. The monoisotopic (exact) mass is 524 g/mol. The number of aryl methyl sites for hydroxylation is 1. The molecule has 36 heavy (non-hydrogen) atoms. The van der Waals surface area contributed by atoms with Gasteiger partial charge in [0.25, 0.3) is 5.78 Å². The molecule has 0 fully saturated rings. The van der Waals surface area contributed by atoms with Crippen LogP contribution in [0, 0.1) is 6.92 Å². The van der Waals surface area contributed by atoms with E-state index in [1.165, 1.54) is 29.6 Å². The molecule has 0 radical (unpaired) electrons. The highest BCUT2D eigenvalue weighted by Crippen LogP contribution is 2.38. The van der Waals surface area contributed by atoms with Crippen LogP contribution < -0.4 is 5.73 Å². The number of benzene rings is 2. The first-order chi connectivity index (χ1) is 17.2. The maximum Gasteiger partial charge on any atom is 0.454 e. The second kappa shape index (κ2) is 10.4. The third-order valence-corrected chi connectivity index (χ3v) is 6.87. The lowest BCUT2D eigenvalue weighted by molar-refractivity contribution is -0.0885. The molecule has 0 aliphatic heterocycles. The normalized spacial score (nSPS) is 11.1. The number of hydrogen-bond acceptors (Lipinski definition) is 6. The first-order valence-electron chi connectivity index (χ1n) is 10.7. The standard InChI is InChI=1S/C16H10F3NOS.C11H9NOS/c1-9-12(14(21)16(17,18)19)13(10-5-3-2-4-6-10)11-7-8-22-15(11)20-9;12-11-9(6-7-14-11)10(13)8-4-2-1-3-5-8/h2-8H,1H3;1-7H,12H2. The van der Waals surface area contributed by atoms with E-state index in [1.807, 2.05) is 23.6 Å². The van der Waals surface area contributed by atoms with Crippen molar-refractivity contribution in [1.29, 1.82) is 0 Å². The summed E-state index contributed by atoms with van der Waals surface area (Å²) in [5.41, 5.74) is 7.55. The van der Waals surface area contributed by atoms with E-state index in [0.29, 0.717) is 37.5 Å². The zero-order valence-corrected chi connectivity index (χ0v) is 20.5. The average Bonchev–Trinajstić information content (AvgIpc) is 3.52. The quantitative estimate of drug-likeness (QED) is 0.246. The molecular weight excluding hydrogens is 505 g/mol. The number of carbonyl (C=O) groups excluding carboxylic acids is 2. The van der Waals surface area contributed by atoms with Crippen LogP contribution in [0.5, 0.6) is 0 Å². The number of carbonyl (C=O) groups is 2. The number of halogens is 3. The largest absolute Gasteiger partial charge is 0.454 e. The van der Waals surface area contributed by atoms with Crippen LogP contribution in [0.4, 0.5) is 18.2 Å². The Balaban J connectivity index is 0.000000187. The zero-order valence-electron chi connectivity index (χ0n) is 18.9. The summed E-state index contributed by atoms with van der Waals surface area (Å²) in [5.74, 6) is -1.87. The van der Waals surface area contributed by atoms with Crippen LogP contribution in [0.1, 0.15) is 32.0 Å². The van der Waals surface area contributed by atoms with Crippen LogP contribution in [-0.2, 0) is 0 Å². The maximum atomic E-state index is 13.0. The molecule has 2 aromatic carbocycles. The smallest absolute Gasteiger partial charge is 0.390 e. The molecule has 182 valence electrons. The van der Waals surface area contributed by atoms with Gasteiger partial charge in [0.2, 0.25) is 0 Å². The lowest BCUT2D eigenvalue weighted by Gasteiger charge is -2.14. The molecule has 4 nitrogen and oxygen atoms in total. The Hall–Kier alpha value is -3.82. The summed E-state index contributed by atoms with van der Waals surface area (Å²) in [6.07, 6.45) is -4.93. The molecule has 5 rings (SSSR count). The first kappa shape index (κ1) is 25.3. The highest BCUT2D eigenvalue weighted by Gasteiger charge is 2.42. The van der Waals surface area contributed by atoms with Gasteiger partial charge in [-0.25, -0.2) is 4.98 Å². The number of pyridine rings is 1. The Morgan fingerprint density at radius 2 is 1.47 bits per heavy atom. The van der Waals surface area contributed by atoms with E-state index in [4.69, 9.17) is 5.73 Å². The molecule has 9 heteroatoms. The second-order valence-electron chi connectivity index (χ2n) is 7.67. The van der Waals surface area contributed by atoms with E-state index in [0.717, 1.165) is 0 Å². The zero-order chi connectivity index (χ0) is 25.9. The predicted octanol–water partition coefficient (Wildman–Crippen LogP) is 7.58. The highest BCUT2D eigenvalue weighted by molar-refractivity contribution is 7.16. The number of Topliss-reactive ketones (excluding diaryl/α,β-unsaturated/α-hetero) is 1. The molecule has 0 amide bonds. The molecule has 0 aliphatic rings. The van der Waals surface area contributed by atoms with E-state index >= 15 is 0 Å². The van der Waals surface area contributed by atoms with Gasteiger partial charge in [0.15, 0.2) is 5.78 Å². The molecule has 0 unspecified atom stereocenters. The summed E-state index contributed by atoms with van der Waals surface area (Å²) in [7, 11) is 0. The van der Waals surface area contributed by atoms with Gasteiger partial charge in [-0.15, -0.1) is 22.7 Å². The summed E-state index contributed by atoms with van der Waals surface area (Å²) in [6, 6.07) is 21.2. The lowest BCUT2D eigenvalue weighted by Crippen LogP contribution is -2.24. The van der Waals surface area contributed by atoms with E-state index in [9.17, 15) is 22.8 Å². The molecule has 0 aliphatic carbocycles. The molecule has 0 spiro atoms. The van der Waals surface area contributed by atoms with Gasteiger partial charge < -0.3 is 5.73 Å². The van der Waals surface area contributed by atoms with Gasteiger partial charge in [-0.1, -0.05) is 60.7 Å². The van der Waals surface area contributed by atoms with Crippen LogP contribution in [0.3, 0.4) is 0 Å². The van der Waals surface area contributed by atoms with Crippen molar-refractivity contribution < 1.29 is 22.8 Å². The van der Waals surface area contributed by atoms with Crippen LogP contribution in [0.15, 0.2) is 83.6 Å². The van der Waals surface area contributed by atoms with E-state index in [1.54, 1.807) is 60.0 Å². The minimum atomic E-state index is -4.93. The van der Waals surface area contributed by atoms with Gasteiger partial charge in [-0.2, -0.15) is 13.2 Å². The maximum absolute atomic E-state index is 13.0. The SMILES string of the molecule is Cc1nc2sccc2c(-c2ccccc2)c1C(=O)C(F)(F)F.Nc1sccc1C(=O)c1ccccc1. The molecule has 0 bridgehead atoms. The Morgan fingerprint density at radius 1 is 0.861 bits per heavy atom. The van der Waals surface area contributed by atoms with Gasteiger partial charge in [-0.3, -0.25) is 9.59 Å². The predicted molar refractivity (Wildman–Crippen MR) is 139 cm³/mol. The number of ketones is 2. The van der Waals surface area contributed by atoms with Crippen molar-refractivity contribution in [3.63, 3.8) is 0 Å². The Kier molecular flexibility index (Phi) is 7.32. The number of hydrogen-bond donors (Lipinski definition) is 1. The summed E-state index contributed by atoms with van der Waals surface area (Å²) in [6.45, 7) is 1.44. The minimum Gasteiger partial charge on any atom is -0.390 e. The van der Waals surface area contributed by atoms with Crippen LogP contribution in [0.25, 0.3) is 21.3 Å². The lowest BCUT2D eigenvalue weighted by atomic mass is 9.93. The Bertz CT molecular complexity index is 1530. The fourth-order valence-corrected chi connectivity index (χ4v) is 5.14. The minimum absolute atomic E-state index is 0.00986. The number of alkyl halides is 3. The number of nitrogen functional groups attached to an aromatic ring is 1.